The summed E-state index contributed by atoms with van der Waals surface area (Å²) in [6.45, 7) is 0. The summed E-state index contributed by atoms with van der Waals surface area (Å²) < 4.78 is 324. The lowest BCUT2D eigenvalue weighted by Crippen LogP contribution is -2.50. The van der Waals surface area contributed by atoms with Crippen molar-refractivity contribution < 1.29 is 125 Å². The summed E-state index contributed by atoms with van der Waals surface area (Å²) in [4.78, 5) is 52.1. The monoisotopic (exact) mass is 1280 g/mol. The third-order valence-corrected chi connectivity index (χ3v) is 12.2. The van der Waals surface area contributed by atoms with E-state index in [2.05, 4.69) is 15.9 Å². The van der Waals surface area contributed by atoms with E-state index >= 15 is 8.78 Å². The first-order chi connectivity index (χ1) is 37.8. The van der Waals surface area contributed by atoms with Crippen LogP contribution in [0.4, 0.5) is 128 Å². The maximum absolute atomic E-state index is 15.3. The topological polar surface area (TPSA) is 98.8 Å². The van der Waals surface area contributed by atoms with Gasteiger partial charge < -0.3 is 20.4 Å². The lowest BCUT2D eigenvalue weighted by Gasteiger charge is -2.31. The van der Waals surface area contributed by atoms with Gasteiger partial charge in [0.15, 0.2) is 11.6 Å². The second-order valence-corrected chi connectivity index (χ2v) is 17.7. The van der Waals surface area contributed by atoms with E-state index in [-0.39, 0.29) is 29.3 Å². The van der Waals surface area contributed by atoms with Crippen LogP contribution in [0.25, 0.3) is 0 Å². The average Bonchev–Trinajstić information content (AvgIpc) is 2.92. The number of benzene rings is 6. The van der Waals surface area contributed by atoms with Gasteiger partial charge in [-0.1, -0.05) is 18.2 Å². The number of halogens is 25. The number of carbonyl (C=O) groups excluding carboxylic acids is 4. The average molecular weight is 1280 g/mol. The van der Waals surface area contributed by atoms with Crippen LogP contribution in [0.5, 0.6) is 0 Å². The van der Waals surface area contributed by atoms with Crippen LogP contribution in [-0.2, 0) is 23.7 Å². The van der Waals surface area contributed by atoms with Crippen molar-refractivity contribution in [3.8, 4) is 0 Å². The number of hydrogen-bond donors (Lipinski definition) is 2. The molecular formula is C50H27BrF24N4O4. The number of rotatable bonds is 10. The summed E-state index contributed by atoms with van der Waals surface area (Å²) in [5.41, 5.74) is -28.2. The van der Waals surface area contributed by atoms with Crippen LogP contribution in [0.2, 0.25) is 0 Å². The van der Waals surface area contributed by atoms with Crippen LogP contribution in [0, 0.1) is 23.3 Å². The Balaban J connectivity index is 0.000000304. The van der Waals surface area contributed by atoms with Crippen molar-refractivity contribution in [2.24, 2.45) is 0 Å². The Morgan fingerprint density at radius 3 is 1.13 bits per heavy atom. The predicted octanol–water partition coefficient (Wildman–Crippen LogP) is 16.4. The van der Waals surface area contributed by atoms with Crippen LogP contribution in [0.15, 0.2) is 120 Å². The quantitative estimate of drug-likeness (QED) is 0.134. The second kappa shape index (κ2) is 23.3. The number of anilines is 4. The van der Waals surface area contributed by atoms with Gasteiger partial charge in [-0.2, -0.15) is 79.0 Å². The molecule has 0 fully saturated rings. The minimum Gasteiger partial charge on any atom is -0.321 e. The fourth-order valence-electron chi connectivity index (χ4n) is 7.30. The van der Waals surface area contributed by atoms with Gasteiger partial charge >= 0.3 is 48.4 Å². The lowest BCUT2D eigenvalue weighted by molar-refractivity contribution is -0.349. The standard InChI is InChI=1S/C25H13BrF12N2O2.C25H14F12N2O2/c1-40(21(42)11-5-7-13(27)8-6-11)17-4-2-3-14(18(17)28)20(41)39-19-15(23(30,31)32)9-12(10-16(19)26)22(29,24(33,34)35)25(36,37)38;1-39(21(41)12-5-8-14(26)9-6-12)18-4-2-3-15(19(18)27)20(40)38-17-10-7-13(11-16(17)23(29,30)31)22(28,24(32,33)34)25(35,36)37/h2-10H,1H3,(H,39,41);2-11H,1H3,(H,38,40). The van der Waals surface area contributed by atoms with Gasteiger partial charge in [-0.05, 0) is 113 Å². The minimum atomic E-state index is -6.74. The summed E-state index contributed by atoms with van der Waals surface area (Å²) in [5.74, 6) is -9.40. The molecular weight excluding hydrogens is 1260 g/mol. The summed E-state index contributed by atoms with van der Waals surface area (Å²) in [6, 6.07) is 11.4. The fraction of sp³-hybridized carbons (Fsp3) is 0.200. The van der Waals surface area contributed by atoms with Gasteiger partial charge in [0.1, 0.15) is 11.6 Å². The second-order valence-electron chi connectivity index (χ2n) is 16.9. The van der Waals surface area contributed by atoms with Crippen molar-refractivity contribution in [3.05, 3.63) is 188 Å². The number of amides is 4. The van der Waals surface area contributed by atoms with Gasteiger partial charge in [0.2, 0.25) is 0 Å². The highest BCUT2D eigenvalue weighted by molar-refractivity contribution is 9.10. The van der Waals surface area contributed by atoms with Crippen LogP contribution in [-0.4, -0.2) is 62.4 Å². The Hall–Kier alpha value is -8.00. The molecule has 0 bridgehead atoms. The van der Waals surface area contributed by atoms with E-state index in [0.29, 0.717) is 9.80 Å². The molecule has 83 heavy (non-hydrogen) atoms. The van der Waals surface area contributed by atoms with E-state index in [4.69, 9.17) is 0 Å². The van der Waals surface area contributed by atoms with Gasteiger partial charge in [0.25, 0.3) is 23.6 Å². The third-order valence-electron chi connectivity index (χ3n) is 11.5. The zero-order valence-corrected chi connectivity index (χ0v) is 42.0. The molecule has 4 amide bonds. The summed E-state index contributed by atoms with van der Waals surface area (Å²) in [5, 5.41) is 3.09. The molecule has 446 valence electrons. The normalized spacial score (nSPS) is 12.7. The fourth-order valence-corrected chi connectivity index (χ4v) is 7.86. The molecule has 0 spiro atoms. The summed E-state index contributed by atoms with van der Waals surface area (Å²) in [7, 11) is 2.10. The lowest BCUT2D eigenvalue weighted by atomic mass is 9.92. The third kappa shape index (κ3) is 13.4. The van der Waals surface area contributed by atoms with Gasteiger partial charge in [-0.15, -0.1) is 0 Å². The number of nitrogens with one attached hydrogen (secondary N) is 2. The largest absolute Gasteiger partial charge is 0.435 e. The molecule has 0 aromatic heterocycles. The van der Waals surface area contributed by atoms with E-state index in [1.54, 1.807) is 5.32 Å². The minimum absolute atomic E-state index is 0.0478. The molecule has 0 aliphatic rings. The first kappa shape index (κ1) is 65.8. The molecule has 0 aliphatic carbocycles. The molecule has 0 saturated heterocycles. The van der Waals surface area contributed by atoms with Crippen LogP contribution in [0.3, 0.4) is 0 Å². The molecule has 0 heterocycles. The van der Waals surface area contributed by atoms with Gasteiger partial charge in [-0.25, -0.2) is 26.3 Å². The number of alkyl halides is 20. The molecule has 0 atom stereocenters. The van der Waals surface area contributed by atoms with Crippen molar-refractivity contribution in [1.29, 1.82) is 0 Å². The van der Waals surface area contributed by atoms with Gasteiger partial charge in [-0.3, -0.25) is 19.2 Å². The van der Waals surface area contributed by atoms with Crippen LogP contribution < -0.4 is 20.4 Å². The smallest absolute Gasteiger partial charge is 0.321 e. The van der Waals surface area contributed by atoms with Crippen molar-refractivity contribution in [3.63, 3.8) is 0 Å². The van der Waals surface area contributed by atoms with E-state index in [9.17, 15) is 116 Å². The maximum atomic E-state index is 15.3. The highest BCUT2D eigenvalue weighted by atomic mass is 79.9. The predicted molar refractivity (Wildman–Crippen MR) is 247 cm³/mol. The zero-order valence-electron chi connectivity index (χ0n) is 40.4. The Morgan fingerprint density at radius 1 is 0.422 bits per heavy atom. The van der Waals surface area contributed by atoms with Crippen molar-refractivity contribution in [2.75, 3.05) is 34.5 Å². The van der Waals surface area contributed by atoms with Crippen LogP contribution >= 0.6 is 15.9 Å². The Morgan fingerprint density at radius 2 is 0.771 bits per heavy atom. The first-order valence-electron chi connectivity index (χ1n) is 21.9. The molecule has 6 aromatic rings. The summed E-state index contributed by atoms with van der Waals surface area (Å²) >= 11 is 2.33. The number of nitrogens with zero attached hydrogens (tertiary/aromatic N) is 2. The first-order valence-corrected chi connectivity index (χ1v) is 22.6. The zero-order chi connectivity index (χ0) is 63.1. The van der Waals surface area contributed by atoms with Crippen molar-refractivity contribution >= 4 is 62.3 Å². The maximum Gasteiger partial charge on any atom is 0.435 e. The van der Waals surface area contributed by atoms with E-state index in [1.165, 1.54) is 5.32 Å². The Kier molecular flexibility index (Phi) is 18.5. The Labute approximate surface area is 456 Å². The van der Waals surface area contributed by atoms with E-state index in [0.717, 1.165) is 99.0 Å². The molecule has 0 aliphatic heterocycles. The highest BCUT2D eigenvalue weighted by Gasteiger charge is 2.75. The summed E-state index contributed by atoms with van der Waals surface area (Å²) in [6.07, 6.45) is -38.3. The Bertz CT molecular complexity index is 3400. The molecule has 2 N–H and O–H groups in total. The molecule has 0 unspecified atom stereocenters. The van der Waals surface area contributed by atoms with Gasteiger partial charge in [0.05, 0.1) is 45.0 Å². The van der Waals surface area contributed by atoms with E-state index in [1.807, 2.05) is 0 Å². The van der Waals surface area contributed by atoms with Crippen molar-refractivity contribution in [1.82, 2.24) is 0 Å². The molecule has 8 nitrogen and oxygen atoms in total. The SMILES string of the molecule is CN(C(=O)c1ccc(F)cc1)c1cccc(C(=O)Nc2c(Br)cc(C(F)(C(F)(F)F)C(F)(F)F)cc2C(F)(F)F)c1F.CN(C(=O)c1ccc(F)cc1)c1cccc(C(=O)Nc2ccc(C(F)(C(F)(F)F)C(F)(F)F)cc2C(F)(F)F)c1F. The molecule has 6 rings (SSSR count). The molecule has 0 saturated carbocycles. The van der Waals surface area contributed by atoms with Crippen LogP contribution in [0.1, 0.15) is 63.7 Å². The van der Waals surface area contributed by atoms with E-state index < -0.39 is 168 Å². The molecule has 0 radical (unpaired) electrons. The van der Waals surface area contributed by atoms with Crippen molar-refractivity contribution in [2.45, 2.75) is 48.4 Å². The van der Waals surface area contributed by atoms with Gasteiger partial charge in [0, 0.05) is 40.8 Å². The highest BCUT2D eigenvalue weighted by Crippen LogP contribution is 2.56. The number of hydrogen-bond acceptors (Lipinski definition) is 4. The molecule has 33 heteroatoms. The number of carbonyl (C=O) groups is 4. The molecule has 6 aromatic carbocycles.